The van der Waals surface area contributed by atoms with Crippen LogP contribution in [0, 0.1) is 0 Å². The average Bonchev–Trinajstić information content (AvgIpc) is 2.67. The van der Waals surface area contributed by atoms with Crippen molar-refractivity contribution in [2.24, 2.45) is 0 Å². The zero-order valence-corrected chi connectivity index (χ0v) is 16.0. The third-order valence-electron chi connectivity index (χ3n) is 4.12. The maximum absolute atomic E-state index is 13.0. The topological polar surface area (TPSA) is 131 Å². The van der Waals surface area contributed by atoms with Gasteiger partial charge in [-0.25, -0.2) is 18.2 Å². The fourth-order valence-corrected chi connectivity index (χ4v) is 3.68. The Labute approximate surface area is 166 Å². The number of nitrogens with one attached hydrogen (secondary N) is 1. The Bertz CT molecular complexity index is 1320. The molecule has 0 unspecified atom stereocenters. The second-order valence-corrected chi connectivity index (χ2v) is 8.29. The van der Waals surface area contributed by atoms with Crippen LogP contribution in [0.1, 0.15) is 12.5 Å². The van der Waals surface area contributed by atoms with Crippen molar-refractivity contribution in [3.63, 3.8) is 0 Å². The number of aromatic nitrogens is 3. The van der Waals surface area contributed by atoms with Gasteiger partial charge in [0.15, 0.2) is 15.7 Å². The van der Waals surface area contributed by atoms with Crippen LogP contribution in [0.3, 0.4) is 0 Å². The van der Waals surface area contributed by atoms with Crippen LogP contribution in [0.2, 0.25) is 0 Å². The van der Waals surface area contributed by atoms with Gasteiger partial charge in [-0.3, -0.25) is 10.1 Å². The lowest BCUT2D eigenvalue weighted by Gasteiger charge is -2.13. The third kappa shape index (κ3) is 3.96. The van der Waals surface area contributed by atoms with Gasteiger partial charge in [0.1, 0.15) is 4.90 Å². The van der Waals surface area contributed by atoms with E-state index < -0.39 is 49.7 Å². The van der Waals surface area contributed by atoms with Gasteiger partial charge < -0.3 is 5.11 Å². The quantitative estimate of drug-likeness (QED) is 0.635. The molecule has 0 saturated carbocycles. The molecule has 1 aromatic carbocycles. The molecule has 2 aromatic heterocycles. The summed E-state index contributed by atoms with van der Waals surface area (Å²) in [5.41, 5.74) is -2.25. The van der Waals surface area contributed by atoms with Crippen LogP contribution in [0.25, 0.3) is 16.6 Å². The summed E-state index contributed by atoms with van der Waals surface area (Å²) in [6, 6.07) is 3.48. The minimum absolute atomic E-state index is 0.119. The monoisotopic (exact) mass is 442 g/mol. The minimum atomic E-state index is -4.69. The standard InChI is InChI=1S/C17H13F3N4O5S/c1-2-30(28,29)13-6-11(23-16(26)27)8-21-14(13)24-15(25)12-5-10(17(18,19)20)4-3-9(12)7-22-24/h3-8,23H,2H2,1H3,(H,26,27). The Morgan fingerprint density at radius 3 is 2.53 bits per heavy atom. The molecule has 0 bridgehead atoms. The predicted octanol–water partition coefficient (Wildman–Crippen LogP) is 2.68. The van der Waals surface area contributed by atoms with Crippen LogP contribution >= 0.6 is 0 Å². The van der Waals surface area contributed by atoms with Crippen molar-refractivity contribution in [3.05, 3.63) is 52.6 Å². The van der Waals surface area contributed by atoms with E-state index in [1.54, 1.807) is 0 Å². The number of hydrogen-bond acceptors (Lipinski definition) is 6. The van der Waals surface area contributed by atoms with E-state index in [9.17, 15) is 31.2 Å². The summed E-state index contributed by atoms with van der Waals surface area (Å²) >= 11 is 0. The Hall–Kier alpha value is -3.48. The number of benzene rings is 1. The molecule has 13 heteroatoms. The molecule has 30 heavy (non-hydrogen) atoms. The molecule has 2 N–H and O–H groups in total. The van der Waals surface area contributed by atoms with Crippen molar-refractivity contribution < 1.29 is 31.5 Å². The maximum Gasteiger partial charge on any atom is 0.416 e. The van der Waals surface area contributed by atoms with E-state index in [1.165, 1.54) is 6.92 Å². The fraction of sp³-hybridized carbons (Fsp3) is 0.176. The predicted molar refractivity (Wildman–Crippen MR) is 99.5 cm³/mol. The number of sulfone groups is 1. The first kappa shape index (κ1) is 21.2. The van der Waals surface area contributed by atoms with E-state index >= 15 is 0 Å². The van der Waals surface area contributed by atoms with Crippen molar-refractivity contribution in [1.82, 2.24) is 14.8 Å². The second kappa shape index (κ2) is 7.40. The molecule has 2 heterocycles. The number of alkyl halides is 3. The van der Waals surface area contributed by atoms with E-state index in [1.807, 2.05) is 5.32 Å². The maximum atomic E-state index is 13.0. The van der Waals surface area contributed by atoms with Crippen molar-refractivity contribution in [1.29, 1.82) is 0 Å². The van der Waals surface area contributed by atoms with Gasteiger partial charge in [-0.2, -0.15) is 23.0 Å². The summed E-state index contributed by atoms with van der Waals surface area (Å²) < 4.78 is 64.6. The molecule has 3 aromatic rings. The summed E-state index contributed by atoms with van der Waals surface area (Å²) in [7, 11) is -4.01. The largest absolute Gasteiger partial charge is 0.465 e. The minimum Gasteiger partial charge on any atom is -0.465 e. The molecular weight excluding hydrogens is 429 g/mol. The molecular formula is C17H13F3N4O5S. The van der Waals surface area contributed by atoms with Crippen LogP contribution in [0.4, 0.5) is 23.7 Å². The molecule has 0 aliphatic heterocycles. The normalized spacial score (nSPS) is 12.1. The number of carbonyl (C=O) groups is 1. The molecule has 0 spiro atoms. The number of anilines is 1. The van der Waals surface area contributed by atoms with Crippen molar-refractivity contribution in [2.75, 3.05) is 11.1 Å². The molecule has 0 aliphatic carbocycles. The molecule has 0 saturated heterocycles. The molecule has 3 rings (SSSR count). The second-order valence-electron chi connectivity index (χ2n) is 6.04. The number of rotatable bonds is 4. The van der Waals surface area contributed by atoms with Crippen LogP contribution in [-0.2, 0) is 16.0 Å². The SMILES string of the molecule is CCS(=O)(=O)c1cc(NC(=O)O)cnc1-n1ncc2ccc(C(F)(F)F)cc2c1=O. The number of pyridine rings is 1. The highest BCUT2D eigenvalue weighted by Crippen LogP contribution is 2.30. The summed E-state index contributed by atoms with van der Waals surface area (Å²) in [6.07, 6.45) is -4.09. The van der Waals surface area contributed by atoms with Crippen molar-refractivity contribution in [2.45, 2.75) is 18.0 Å². The van der Waals surface area contributed by atoms with Crippen LogP contribution < -0.4 is 10.9 Å². The molecule has 1 amide bonds. The van der Waals surface area contributed by atoms with Gasteiger partial charge in [-0.15, -0.1) is 0 Å². The number of nitrogens with zero attached hydrogens (tertiary/aromatic N) is 3. The fourth-order valence-electron chi connectivity index (χ4n) is 2.64. The van der Waals surface area contributed by atoms with Crippen LogP contribution in [-0.4, -0.2) is 40.1 Å². The van der Waals surface area contributed by atoms with Gasteiger partial charge in [0, 0.05) is 5.39 Å². The number of amides is 1. The Balaban J connectivity index is 2.30. The average molecular weight is 442 g/mol. The molecule has 9 nitrogen and oxygen atoms in total. The Kier molecular flexibility index (Phi) is 5.24. The van der Waals surface area contributed by atoms with Crippen LogP contribution in [0.15, 0.2) is 46.3 Å². The molecule has 0 atom stereocenters. The summed E-state index contributed by atoms with van der Waals surface area (Å²) in [6.45, 7) is 1.32. The van der Waals surface area contributed by atoms with E-state index in [4.69, 9.17) is 5.11 Å². The van der Waals surface area contributed by atoms with Crippen molar-refractivity contribution in [3.8, 4) is 5.82 Å². The number of halogens is 3. The number of fused-ring (bicyclic) bond motifs is 1. The van der Waals surface area contributed by atoms with Gasteiger partial charge in [-0.1, -0.05) is 13.0 Å². The molecule has 0 radical (unpaired) electrons. The van der Waals surface area contributed by atoms with Gasteiger partial charge in [0.25, 0.3) is 5.56 Å². The lowest BCUT2D eigenvalue weighted by Crippen LogP contribution is -2.25. The van der Waals surface area contributed by atoms with E-state index in [2.05, 4.69) is 10.1 Å². The lowest BCUT2D eigenvalue weighted by molar-refractivity contribution is -0.137. The first-order valence-corrected chi connectivity index (χ1v) is 9.91. The Morgan fingerprint density at radius 1 is 1.23 bits per heavy atom. The van der Waals surface area contributed by atoms with E-state index in [0.29, 0.717) is 10.7 Å². The van der Waals surface area contributed by atoms with Gasteiger partial charge >= 0.3 is 12.3 Å². The van der Waals surface area contributed by atoms with Gasteiger partial charge in [0.05, 0.1) is 34.8 Å². The molecule has 0 aliphatic rings. The highest BCUT2D eigenvalue weighted by molar-refractivity contribution is 7.91. The highest BCUT2D eigenvalue weighted by Gasteiger charge is 2.31. The Morgan fingerprint density at radius 2 is 1.93 bits per heavy atom. The third-order valence-corrected chi connectivity index (χ3v) is 5.85. The molecule has 0 fully saturated rings. The lowest BCUT2D eigenvalue weighted by atomic mass is 10.1. The van der Waals surface area contributed by atoms with E-state index in [0.717, 1.165) is 30.6 Å². The van der Waals surface area contributed by atoms with Crippen molar-refractivity contribution >= 4 is 32.4 Å². The molecule has 158 valence electrons. The summed E-state index contributed by atoms with van der Waals surface area (Å²) in [4.78, 5) is 27.0. The number of hydrogen-bond donors (Lipinski definition) is 2. The van der Waals surface area contributed by atoms with E-state index in [-0.39, 0.29) is 16.5 Å². The van der Waals surface area contributed by atoms with Gasteiger partial charge in [-0.05, 0) is 18.2 Å². The zero-order chi connectivity index (χ0) is 22.3. The smallest absolute Gasteiger partial charge is 0.416 e. The van der Waals surface area contributed by atoms with Gasteiger partial charge in [0.2, 0.25) is 0 Å². The summed E-state index contributed by atoms with van der Waals surface area (Å²) in [5.74, 6) is -0.865. The zero-order valence-electron chi connectivity index (χ0n) is 15.1. The number of carboxylic acid groups (broad SMARTS) is 1. The first-order valence-electron chi connectivity index (χ1n) is 8.26. The van der Waals surface area contributed by atoms with Crippen LogP contribution in [0.5, 0.6) is 0 Å². The summed E-state index contributed by atoms with van der Waals surface area (Å²) in [5, 5.41) is 14.4. The highest BCUT2D eigenvalue weighted by atomic mass is 32.2. The first-order chi connectivity index (χ1) is 13.9.